The average Bonchev–Trinajstić information content (AvgIpc) is 2.93. The van der Waals surface area contributed by atoms with E-state index in [1.54, 1.807) is 0 Å². The zero-order valence-electron chi connectivity index (χ0n) is 10.5. The number of hydrogen-bond acceptors (Lipinski definition) is 0. The standard InChI is InChI=1S/C15H19Br3/c16-10-15(11-17,13-3-1-2-4-13)9-12-5-7-14(18)8-6-12/h5-8,13H,1-4,9-11H2. The predicted molar refractivity (Wildman–Crippen MR) is 89.8 cm³/mol. The monoisotopic (exact) mass is 436 g/mol. The Balaban J connectivity index is 2.16. The van der Waals surface area contributed by atoms with Crippen LogP contribution in [0, 0.1) is 11.3 Å². The van der Waals surface area contributed by atoms with Gasteiger partial charge in [-0.25, -0.2) is 0 Å². The molecule has 0 amide bonds. The first-order valence-electron chi connectivity index (χ1n) is 6.56. The molecule has 0 radical (unpaired) electrons. The molecule has 0 aliphatic heterocycles. The Kier molecular flexibility index (Phi) is 5.77. The van der Waals surface area contributed by atoms with E-state index in [0.717, 1.165) is 21.1 Å². The first-order chi connectivity index (χ1) is 8.70. The van der Waals surface area contributed by atoms with Crippen molar-refractivity contribution >= 4 is 47.8 Å². The summed E-state index contributed by atoms with van der Waals surface area (Å²) in [6, 6.07) is 8.80. The molecule has 0 N–H and O–H groups in total. The van der Waals surface area contributed by atoms with Gasteiger partial charge in [0.05, 0.1) is 0 Å². The minimum atomic E-state index is 0.379. The number of hydrogen-bond donors (Lipinski definition) is 0. The van der Waals surface area contributed by atoms with Crippen LogP contribution >= 0.6 is 47.8 Å². The van der Waals surface area contributed by atoms with Gasteiger partial charge in [-0.05, 0) is 48.3 Å². The summed E-state index contributed by atoms with van der Waals surface area (Å²) in [5.41, 5.74) is 1.83. The first kappa shape index (κ1) is 15.1. The van der Waals surface area contributed by atoms with Crippen LogP contribution in [0.5, 0.6) is 0 Å². The summed E-state index contributed by atoms with van der Waals surface area (Å²) in [5, 5.41) is 2.18. The lowest BCUT2D eigenvalue weighted by Crippen LogP contribution is -2.35. The van der Waals surface area contributed by atoms with Crippen molar-refractivity contribution in [2.45, 2.75) is 32.1 Å². The second-order valence-electron chi connectivity index (χ2n) is 5.41. The molecule has 2 rings (SSSR count). The summed E-state index contributed by atoms with van der Waals surface area (Å²) < 4.78 is 1.16. The Morgan fingerprint density at radius 2 is 1.56 bits per heavy atom. The van der Waals surface area contributed by atoms with Gasteiger partial charge in [-0.1, -0.05) is 72.8 Å². The molecular weight excluding hydrogens is 420 g/mol. The van der Waals surface area contributed by atoms with Gasteiger partial charge in [0.1, 0.15) is 0 Å². The van der Waals surface area contributed by atoms with E-state index in [9.17, 15) is 0 Å². The van der Waals surface area contributed by atoms with E-state index in [0.29, 0.717) is 5.41 Å². The molecule has 100 valence electrons. The fourth-order valence-electron chi connectivity index (χ4n) is 3.04. The topological polar surface area (TPSA) is 0 Å². The van der Waals surface area contributed by atoms with E-state index in [1.807, 2.05) is 0 Å². The lowest BCUT2D eigenvalue weighted by molar-refractivity contribution is 0.233. The average molecular weight is 439 g/mol. The Morgan fingerprint density at radius 3 is 2.06 bits per heavy atom. The van der Waals surface area contributed by atoms with Gasteiger partial charge >= 0.3 is 0 Å². The van der Waals surface area contributed by atoms with Crippen LogP contribution in [0.1, 0.15) is 31.2 Å². The summed E-state index contributed by atoms with van der Waals surface area (Å²) >= 11 is 11.1. The Morgan fingerprint density at radius 1 is 1.00 bits per heavy atom. The number of halogens is 3. The number of rotatable bonds is 5. The van der Waals surface area contributed by atoms with E-state index < -0.39 is 0 Å². The van der Waals surface area contributed by atoms with E-state index >= 15 is 0 Å². The minimum absolute atomic E-state index is 0.379. The third-order valence-corrected chi connectivity index (χ3v) is 6.99. The van der Waals surface area contributed by atoms with Crippen molar-refractivity contribution in [2.75, 3.05) is 10.7 Å². The molecule has 0 nitrogen and oxygen atoms in total. The second kappa shape index (κ2) is 6.90. The summed E-state index contributed by atoms with van der Waals surface area (Å²) in [7, 11) is 0. The maximum absolute atomic E-state index is 3.78. The van der Waals surface area contributed by atoms with Gasteiger partial charge in [-0.15, -0.1) is 0 Å². The van der Waals surface area contributed by atoms with Crippen LogP contribution in [0.4, 0.5) is 0 Å². The molecule has 18 heavy (non-hydrogen) atoms. The summed E-state index contributed by atoms with van der Waals surface area (Å²) in [6.07, 6.45) is 6.78. The molecule has 0 spiro atoms. The predicted octanol–water partition coefficient (Wildman–Crippen LogP) is 5.96. The van der Waals surface area contributed by atoms with Gasteiger partial charge in [0.2, 0.25) is 0 Å². The highest BCUT2D eigenvalue weighted by Gasteiger charge is 2.38. The molecule has 0 unspecified atom stereocenters. The second-order valence-corrected chi connectivity index (χ2v) is 7.45. The zero-order chi connectivity index (χ0) is 13.0. The molecule has 1 aliphatic carbocycles. The highest BCUT2D eigenvalue weighted by atomic mass is 79.9. The van der Waals surface area contributed by atoms with Crippen LogP contribution in [0.3, 0.4) is 0 Å². The van der Waals surface area contributed by atoms with E-state index in [-0.39, 0.29) is 0 Å². The third kappa shape index (κ3) is 3.40. The molecular formula is C15H19Br3. The van der Waals surface area contributed by atoms with Crippen molar-refractivity contribution < 1.29 is 0 Å². The summed E-state index contributed by atoms with van der Waals surface area (Å²) in [5.74, 6) is 0.861. The van der Waals surface area contributed by atoms with Crippen molar-refractivity contribution in [2.24, 2.45) is 11.3 Å². The van der Waals surface area contributed by atoms with Gasteiger partial charge < -0.3 is 0 Å². The quantitative estimate of drug-likeness (QED) is 0.497. The van der Waals surface area contributed by atoms with Gasteiger partial charge in [-0.2, -0.15) is 0 Å². The Labute approximate surface area is 135 Å². The SMILES string of the molecule is BrCC(CBr)(Cc1ccc(Br)cc1)C1CCCC1. The van der Waals surface area contributed by atoms with E-state index in [1.165, 1.54) is 37.7 Å². The fraction of sp³-hybridized carbons (Fsp3) is 0.600. The summed E-state index contributed by atoms with van der Waals surface area (Å²) in [6.45, 7) is 0. The lowest BCUT2D eigenvalue weighted by atomic mass is 9.73. The minimum Gasteiger partial charge on any atom is -0.0921 e. The van der Waals surface area contributed by atoms with Crippen molar-refractivity contribution in [1.29, 1.82) is 0 Å². The number of alkyl halides is 2. The lowest BCUT2D eigenvalue weighted by Gasteiger charge is -2.36. The van der Waals surface area contributed by atoms with Crippen molar-refractivity contribution in [1.82, 2.24) is 0 Å². The van der Waals surface area contributed by atoms with Crippen molar-refractivity contribution in [3.63, 3.8) is 0 Å². The van der Waals surface area contributed by atoms with Gasteiger partial charge in [-0.3, -0.25) is 0 Å². The Bertz CT molecular complexity index is 362. The van der Waals surface area contributed by atoms with Crippen molar-refractivity contribution in [3.8, 4) is 0 Å². The Hall–Kier alpha value is 0.660. The van der Waals surface area contributed by atoms with E-state index in [4.69, 9.17) is 0 Å². The molecule has 0 bridgehead atoms. The number of benzene rings is 1. The largest absolute Gasteiger partial charge is 0.0921 e. The van der Waals surface area contributed by atoms with Gasteiger partial charge in [0.25, 0.3) is 0 Å². The third-order valence-electron chi connectivity index (χ3n) is 4.22. The smallest absolute Gasteiger partial charge is 0.0175 e. The molecule has 1 aromatic rings. The van der Waals surface area contributed by atoms with Crippen LogP contribution in [0.15, 0.2) is 28.7 Å². The zero-order valence-corrected chi connectivity index (χ0v) is 15.2. The molecule has 1 aliphatic rings. The van der Waals surface area contributed by atoms with Crippen LogP contribution in [0.25, 0.3) is 0 Å². The van der Waals surface area contributed by atoms with Crippen LogP contribution in [-0.2, 0) is 6.42 Å². The molecule has 1 saturated carbocycles. The highest BCUT2D eigenvalue weighted by molar-refractivity contribution is 9.10. The fourth-order valence-corrected chi connectivity index (χ4v) is 5.54. The normalized spacial score (nSPS) is 17.3. The molecule has 0 aromatic heterocycles. The molecule has 0 heterocycles. The maximum atomic E-state index is 3.78. The molecule has 0 saturated heterocycles. The van der Waals surface area contributed by atoms with Gasteiger partial charge in [0, 0.05) is 15.1 Å². The van der Waals surface area contributed by atoms with Gasteiger partial charge in [0.15, 0.2) is 0 Å². The first-order valence-corrected chi connectivity index (χ1v) is 9.60. The maximum Gasteiger partial charge on any atom is 0.0175 e. The molecule has 1 fully saturated rings. The molecule has 3 heteroatoms. The highest BCUT2D eigenvalue weighted by Crippen LogP contribution is 2.44. The van der Waals surface area contributed by atoms with Crippen LogP contribution < -0.4 is 0 Å². The van der Waals surface area contributed by atoms with Crippen molar-refractivity contribution in [3.05, 3.63) is 34.3 Å². The molecule has 1 aromatic carbocycles. The summed E-state index contributed by atoms with van der Waals surface area (Å²) in [4.78, 5) is 0. The molecule has 0 atom stereocenters. The van der Waals surface area contributed by atoms with Crippen LogP contribution in [-0.4, -0.2) is 10.7 Å². The van der Waals surface area contributed by atoms with Crippen LogP contribution in [0.2, 0.25) is 0 Å². The van der Waals surface area contributed by atoms with E-state index in [2.05, 4.69) is 72.1 Å².